The van der Waals surface area contributed by atoms with Crippen LogP contribution in [-0.4, -0.2) is 44.4 Å². The lowest BCUT2D eigenvalue weighted by atomic mass is 9.98. The molecule has 1 fully saturated rings. The topological polar surface area (TPSA) is 68.3 Å². The Bertz CT molecular complexity index is 804. The van der Waals surface area contributed by atoms with Crippen molar-refractivity contribution >= 4 is 23.5 Å². The number of dihydropyridines is 1. The molecule has 0 amide bonds. The summed E-state index contributed by atoms with van der Waals surface area (Å²) in [6, 6.07) is 5.19. The number of benzene rings is 1. The van der Waals surface area contributed by atoms with E-state index in [1.165, 1.54) is 45.8 Å². The Morgan fingerprint density at radius 2 is 1.88 bits per heavy atom. The molecule has 5 heteroatoms. The first kappa shape index (κ1) is 18.5. The van der Waals surface area contributed by atoms with Crippen LogP contribution < -0.4 is 31.7 Å². The second kappa shape index (κ2) is 8.92. The number of rotatable bonds is 3. The molecule has 3 aliphatic heterocycles. The first-order valence-electron chi connectivity index (χ1n) is 9.42. The van der Waals surface area contributed by atoms with E-state index in [1.54, 1.807) is 0 Å². The Balaban J connectivity index is 0.000000948. The molecule has 0 saturated carbocycles. The predicted octanol–water partition coefficient (Wildman–Crippen LogP) is 0.471. The van der Waals surface area contributed by atoms with E-state index in [9.17, 15) is 0 Å². The van der Waals surface area contributed by atoms with Gasteiger partial charge in [0.15, 0.2) is 0 Å². The minimum absolute atomic E-state index is 0.556. The van der Waals surface area contributed by atoms with E-state index in [0.29, 0.717) is 6.04 Å². The maximum Gasteiger partial charge on any atom is 0.0442 e. The Kier molecular flexibility index (Phi) is 6.36. The molecule has 140 valence electrons. The highest BCUT2D eigenvalue weighted by Crippen LogP contribution is 2.21. The summed E-state index contributed by atoms with van der Waals surface area (Å²) in [5.74, 6) is 0. The van der Waals surface area contributed by atoms with Crippen LogP contribution in [0.1, 0.15) is 25.3 Å². The van der Waals surface area contributed by atoms with E-state index in [-0.39, 0.29) is 0 Å². The summed E-state index contributed by atoms with van der Waals surface area (Å²) in [5.41, 5.74) is 5.10. The molecule has 0 atom stereocenters. The van der Waals surface area contributed by atoms with Crippen LogP contribution in [0.4, 0.5) is 5.69 Å². The monoisotopic (exact) mass is 354 g/mol. The quantitative estimate of drug-likeness (QED) is 0.546. The number of hydrogen-bond donors (Lipinski definition) is 5. The molecular weight excluding hydrogens is 324 g/mol. The number of anilines is 1. The van der Waals surface area contributed by atoms with E-state index in [4.69, 9.17) is 5.11 Å². The molecule has 4 rings (SSSR count). The Morgan fingerprint density at radius 3 is 2.65 bits per heavy atom. The largest absolute Gasteiger partial charge is 0.400 e. The van der Waals surface area contributed by atoms with Crippen LogP contribution >= 0.6 is 0 Å². The standard InChI is InChI=1S/C20H26N4.CH4O/c1-14-10-15(3-9-23-14)17-11-16-2-6-22-13-19(16)20(12-17)24-18-4-7-21-8-5-18;1-2/h2-3,10-13,18,21-24H,4-9H2,1H3;2H,1H3. The molecule has 0 aromatic heterocycles. The molecule has 1 aromatic carbocycles. The van der Waals surface area contributed by atoms with Gasteiger partial charge in [0, 0.05) is 49.0 Å². The van der Waals surface area contributed by atoms with Crippen LogP contribution in [0.5, 0.6) is 0 Å². The third-order valence-electron chi connectivity index (χ3n) is 5.01. The fourth-order valence-electron chi connectivity index (χ4n) is 3.67. The average molecular weight is 354 g/mol. The van der Waals surface area contributed by atoms with Gasteiger partial charge in [-0.25, -0.2) is 0 Å². The highest BCUT2D eigenvalue weighted by Gasteiger charge is 2.15. The minimum Gasteiger partial charge on any atom is -0.400 e. The zero-order valence-electron chi connectivity index (χ0n) is 15.7. The second-order valence-electron chi connectivity index (χ2n) is 6.82. The van der Waals surface area contributed by atoms with Crippen LogP contribution in [0.3, 0.4) is 0 Å². The molecule has 1 saturated heterocycles. The fourth-order valence-corrected chi connectivity index (χ4v) is 3.67. The van der Waals surface area contributed by atoms with Crippen molar-refractivity contribution in [3.05, 3.63) is 46.0 Å². The Hall–Kier alpha value is -2.24. The van der Waals surface area contributed by atoms with Crippen molar-refractivity contribution in [2.75, 3.05) is 38.6 Å². The molecule has 26 heavy (non-hydrogen) atoms. The smallest absolute Gasteiger partial charge is 0.0442 e. The average Bonchev–Trinajstić information content (AvgIpc) is 2.70. The zero-order valence-corrected chi connectivity index (χ0v) is 15.7. The molecule has 0 radical (unpaired) electrons. The van der Waals surface area contributed by atoms with Crippen LogP contribution in [0.15, 0.2) is 30.0 Å². The molecule has 3 aliphatic rings. The molecule has 5 N–H and O–H groups in total. The zero-order chi connectivity index (χ0) is 18.4. The Labute approximate surface area is 155 Å². The maximum atomic E-state index is 7.00. The molecule has 0 spiro atoms. The highest BCUT2D eigenvalue weighted by molar-refractivity contribution is 5.78. The van der Waals surface area contributed by atoms with Gasteiger partial charge in [-0.05, 0) is 67.4 Å². The lowest BCUT2D eigenvalue weighted by molar-refractivity contribution is 0.399. The van der Waals surface area contributed by atoms with Gasteiger partial charge in [-0.3, -0.25) is 0 Å². The van der Waals surface area contributed by atoms with Gasteiger partial charge in [-0.1, -0.05) is 12.2 Å². The normalized spacial score (nSPS) is 19.0. The summed E-state index contributed by atoms with van der Waals surface area (Å²) < 4.78 is 0. The fraction of sp³-hybridized carbons (Fsp3) is 0.429. The third kappa shape index (κ3) is 4.29. The maximum absolute atomic E-state index is 7.00. The van der Waals surface area contributed by atoms with E-state index in [2.05, 4.69) is 64.8 Å². The number of aliphatic hydroxyl groups is 1. The molecule has 0 bridgehead atoms. The highest BCUT2D eigenvalue weighted by atomic mass is 16.2. The summed E-state index contributed by atoms with van der Waals surface area (Å²) in [6.45, 7) is 6.14. The van der Waals surface area contributed by atoms with Gasteiger partial charge in [0.05, 0.1) is 0 Å². The van der Waals surface area contributed by atoms with Gasteiger partial charge < -0.3 is 26.4 Å². The van der Waals surface area contributed by atoms with Gasteiger partial charge in [0.25, 0.3) is 0 Å². The molecular formula is C21H30N4O. The Morgan fingerprint density at radius 1 is 1.08 bits per heavy atom. The summed E-state index contributed by atoms with van der Waals surface area (Å²) in [5, 5.41) is 23.6. The summed E-state index contributed by atoms with van der Waals surface area (Å²) in [7, 11) is 1.00. The SMILES string of the molecule is CC1=CC(c2cc(NC3CCNCC3)c3c(c2)=CCNC=3)=CCN1.CO. The summed E-state index contributed by atoms with van der Waals surface area (Å²) in [6.07, 6.45) is 11.3. The van der Waals surface area contributed by atoms with E-state index < -0.39 is 0 Å². The molecule has 1 aromatic rings. The summed E-state index contributed by atoms with van der Waals surface area (Å²) in [4.78, 5) is 0. The number of aliphatic hydroxyl groups excluding tert-OH is 1. The first-order chi connectivity index (χ1) is 12.8. The number of hydrogen-bond acceptors (Lipinski definition) is 5. The number of nitrogens with one attached hydrogen (secondary N) is 4. The lowest BCUT2D eigenvalue weighted by Crippen LogP contribution is -2.40. The van der Waals surface area contributed by atoms with Crippen molar-refractivity contribution in [2.24, 2.45) is 0 Å². The summed E-state index contributed by atoms with van der Waals surface area (Å²) >= 11 is 0. The van der Waals surface area contributed by atoms with Gasteiger partial charge in [0.2, 0.25) is 0 Å². The van der Waals surface area contributed by atoms with Crippen molar-refractivity contribution in [2.45, 2.75) is 25.8 Å². The van der Waals surface area contributed by atoms with Gasteiger partial charge >= 0.3 is 0 Å². The van der Waals surface area contributed by atoms with E-state index in [0.717, 1.165) is 33.3 Å². The van der Waals surface area contributed by atoms with Crippen molar-refractivity contribution in [3.8, 4) is 0 Å². The van der Waals surface area contributed by atoms with Crippen LogP contribution in [-0.2, 0) is 0 Å². The first-order valence-corrected chi connectivity index (χ1v) is 9.42. The second-order valence-corrected chi connectivity index (χ2v) is 6.82. The van der Waals surface area contributed by atoms with Gasteiger partial charge in [0.1, 0.15) is 0 Å². The van der Waals surface area contributed by atoms with Gasteiger partial charge in [-0.15, -0.1) is 0 Å². The molecule has 5 nitrogen and oxygen atoms in total. The van der Waals surface area contributed by atoms with Crippen molar-refractivity contribution in [3.63, 3.8) is 0 Å². The van der Waals surface area contributed by atoms with Crippen LogP contribution in [0.2, 0.25) is 0 Å². The molecule has 3 heterocycles. The number of fused-ring (bicyclic) bond motifs is 1. The number of allylic oxidation sites excluding steroid dienone is 3. The van der Waals surface area contributed by atoms with Crippen LogP contribution in [0.25, 0.3) is 17.8 Å². The van der Waals surface area contributed by atoms with Crippen molar-refractivity contribution in [1.29, 1.82) is 0 Å². The van der Waals surface area contributed by atoms with Crippen molar-refractivity contribution in [1.82, 2.24) is 16.0 Å². The third-order valence-corrected chi connectivity index (χ3v) is 5.01. The number of piperidine rings is 1. The molecule has 0 unspecified atom stereocenters. The minimum atomic E-state index is 0.556. The predicted molar refractivity (Wildman–Crippen MR) is 110 cm³/mol. The van der Waals surface area contributed by atoms with Crippen molar-refractivity contribution < 1.29 is 5.11 Å². The molecule has 0 aliphatic carbocycles. The van der Waals surface area contributed by atoms with E-state index >= 15 is 0 Å². The van der Waals surface area contributed by atoms with Gasteiger partial charge in [-0.2, -0.15) is 0 Å². The van der Waals surface area contributed by atoms with Crippen LogP contribution in [0, 0.1) is 0 Å². The lowest BCUT2D eigenvalue weighted by Gasteiger charge is -2.26. The van der Waals surface area contributed by atoms with E-state index in [1.807, 2.05) is 0 Å².